The van der Waals surface area contributed by atoms with Crippen molar-refractivity contribution < 1.29 is 9.90 Å². The van der Waals surface area contributed by atoms with Crippen LogP contribution in [-0.2, 0) is 4.79 Å². The maximum absolute atomic E-state index is 10.4. The third-order valence-electron chi connectivity index (χ3n) is 2.00. The van der Waals surface area contributed by atoms with Crippen LogP contribution in [0.3, 0.4) is 0 Å². The quantitative estimate of drug-likeness (QED) is 0.629. The van der Waals surface area contributed by atoms with Crippen LogP contribution >= 0.6 is 0 Å². The molecule has 0 saturated heterocycles. The van der Waals surface area contributed by atoms with Crippen molar-refractivity contribution in [1.29, 1.82) is 0 Å². The maximum Gasteiger partial charge on any atom is 0.307 e. The minimum Gasteiger partial charge on any atom is -0.481 e. The molecule has 1 rings (SSSR count). The third kappa shape index (κ3) is 2.37. The van der Waals surface area contributed by atoms with Crippen LogP contribution in [-0.4, -0.2) is 11.1 Å². The molecule has 0 radical (unpaired) electrons. The topological polar surface area (TPSA) is 37.3 Å². The summed E-state index contributed by atoms with van der Waals surface area (Å²) in [6.45, 7) is 2.12. The second-order valence-corrected chi connectivity index (χ2v) is 3.06. The van der Waals surface area contributed by atoms with E-state index in [0.717, 1.165) is 19.3 Å². The molecule has 0 bridgehead atoms. The molecule has 1 aliphatic carbocycles. The largest absolute Gasteiger partial charge is 0.481 e. The van der Waals surface area contributed by atoms with E-state index >= 15 is 0 Å². The van der Waals surface area contributed by atoms with Crippen molar-refractivity contribution in [3.63, 3.8) is 0 Å². The third-order valence-corrected chi connectivity index (χ3v) is 2.00. The van der Waals surface area contributed by atoms with Gasteiger partial charge in [0.15, 0.2) is 0 Å². The first-order chi connectivity index (χ1) is 5.25. The summed E-state index contributed by atoms with van der Waals surface area (Å²) in [7, 11) is 0. The standard InChI is InChI=1S/C9H14O2/c1-2-3-4-5-7-6-8(7)9(10)11/h4-5,7-8H,2-3,6H2,1H3,(H,10,11)/b5-4+. The molecular weight excluding hydrogens is 140 g/mol. The van der Waals surface area contributed by atoms with E-state index in [2.05, 4.69) is 13.0 Å². The molecule has 0 aromatic rings. The first-order valence-electron chi connectivity index (χ1n) is 4.15. The minimum absolute atomic E-state index is 0.0805. The van der Waals surface area contributed by atoms with Crippen LogP contribution in [0.1, 0.15) is 26.2 Å². The van der Waals surface area contributed by atoms with E-state index in [0.29, 0.717) is 5.92 Å². The Morgan fingerprint density at radius 3 is 2.91 bits per heavy atom. The van der Waals surface area contributed by atoms with E-state index in [1.54, 1.807) is 0 Å². The van der Waals surface area contributed by atoms with Gasteiger partial charge in [-0.3, -0.25) is 4.79 Å². The molecule has 0 amide bonds. The van der Waals surface area contributed by atoms with Gasteiger partial charge in [0.05, 0.1) is 5.92 Å². The molecule has 2 heteroatoms. The zero-order chi connectivity index (χ0) is 8.27. The van der Waals surface area contributed by atoms with Crippen molar-refractivity contribution >= 4 is 5.97 Å². The predicted octanol–water partition coefficient (Wildman–Crippen LogP) is 2.06. The Bertz CT molecular complexity index is 172. The minimum atomic E-state index is -0.642. The smallest absolute Gasteiger partial charge is 0.307 e. The summed E-state index contributed by atoms with van der Waals surface area (Å²) in [6.07, 6.45) is 7.19. The number of unbranched alkanes of at least 4 members (excludes halogenated alkanes) is 1. The summed E-state index contributed by atoms with van der Waals surface area (Å²) in [5, 5.41) is 8.55. The number of hydrogen-bond acceptors (Lipinski definition) is 1. The second-order valence-electron chi connectivity index (χ2n) is 3.06. The average Bonchev–Trinajstić information content (AvgIpc) is 2.68. The van der Waals surface area contributed by atoms with Crippen LogP contribution < -0.4 is 0 Å². The number of carboxylic acids is 1. The van der Waals surface area contributed by atoms with Gasteiger partial charge in [-0.05, 0) is 18.8 Å². The predicted molar refractivity (Wildman–Crippen MR) is 43.3 cm³/mol. The molecule has 2 unspecified atom stereocenters. The molecule has 1 fully saturated rings. The fraction of sp³-hybridized carbons (Fsp3) is 0.667. The highest BCUT2D eigenvalue weighted by Crippen LogP contribution is 2.39. The molecule has 0 spiro atoms. The second kappa shape index (κ2) is 3.56. The van der Waals surface area contributed by atoms with Gasteiger partial charge in [-0.2, -0.15) is 0 Å². The lowest BCUT2D eigenvalue weighted by atomic mass is 10.2. The number of carbonyl (C=O) groups is 1. The van der Waals surface area contributed by atoms with E-state index < -0.39 is 5.97 Å². The van der Waals surface area contributed by atoms with E-state index in [1.165, 1.54) is 0 Å². The Morgan fingerprint density at radius 1 is 1.73 bits per heavy atom. The Balaban J connectivity index is 2.17. The van der Waals surface area contributed by atoms with Gasteiger partial charge in [0.2, 0.25) is 0 Å². The zero-order valence-corrected chi connectivity index (χ0v) is 6.79. The Morgan fingerprint density at radius 2 is 2.45 bits per heavy atom. The number of aliphatic carboxylic acids is 1. The van der Waals surface area contributed by atoms with E-state index in [9.17, 15) is 4.79 Å². The molecular formula is C9H14O2. The van der Waals surface area contributed by atoms with Gasteiger partial charge >= 0.3 is 5.97 Å². The molecule has 11 heavy (non-hydrogen) atoms. The van der Waals surface area contributed by atoms with Gasteiger partial charge in [0.1, 0.15) is 0 Å². The van der Waals surface area contributed by atoms with Crippen molar-refractivity contribution in [3.05, 3.63) is 12.2 Å². The Labute approximate surface area is 66.9 Å². The summed E-state index contributed by atoms with van der Waals surface area (Å²) >= 11 is 0. The number of carboxylic acid groups (broad SMARTS) is 1. The fourth-order valence-corrected chi connectivity index (χ4v) is 1.15. The first kappa shape index (κ1) is 8.31. The van der Waals surface area contributed by atoms with Crippen LogP contribution in [0.2, 0.25) is 0 Å². The van der Waals surface area contributed by atoms with Crippen LogP contribution in [0.15, 0.2) is 12.2 Å². The lowest BCUT2D eigenvalue weighted by Gasteiger charge is -1.86. The van der Waals surface area contributed by atoms with E-state index in [-0.39, 0.29) is 5.92 Å². The monoisotopic (exact) mass is 154 g/mol. The molecule has 2 nitrogen and oxygen atoms in total. The van der Waals surface area contributed by atoms with Crippen molar-refractivity contribution in [1.82, 2.24) is 0 Å². The Kier molecular flexibility index (Phi) is 2.69. The number of hydrogen-bond donors (Lipinski definition) is 1. The molecule has 0 heterocycles. The van der Waals surface area contributed by atoms with Crippen molar-refractivity contribution in [2.24, 2.45) is 11.8 Å². The molecule has 62 valence electrons. The summed E-state index contributed by atoms with van der Waals surface area (Å²) in [5.41, 5.74) is 0. The van der Waals surface area contributed by atoms with Gasteiger partial charge in [-0.15, -0.1) is 0 Å². The van der Waals surface area contributed by atoms with Gasteiger partial charge in [0.25, 0.3) is 0 Å². The average molecular weight is 154 g/mol. The molecule has 2 atom stereocenters. The van der Waals surface area contributed by atoms with Crippen molar-refractivity contribution in [2.45, 2.75) is 26.2 Å². The summed E-state index contributed by atoms with van der Waals surface area (Å²) < 4.78 is 0. The summed E-state index contributed by atoms with van der Waals surface area (Å²) in [5.74, 6) is -0.390. The summed E-state index contributed by atoms with van der Waals surface area (Å²) in [4.78, 5) is 10.4. The van der Waals surface area contributed by atoms with Gasteiger partial charge in [-0.1, -0.05) is 25.5 Å². The molecule has 1 aliphatic rings. The SMILES string of the molecule is CCC/C=C/C1CC1C(=O)O. The highest BCUT2D eigenvalue weighted by atomic mass is 16.4. The maximum atomic E-state index is 10.4. The van der Waals surface area contributed by atoms with Crippen molar-refractivity contribution in [3.8, 4) is 0 Å². The van der Waals surface area contributed by atoms with Gasteiger partial charge in [-0.25, -0.2) is 0 Å². The number of rotatable bonds is 4. The van der Waals surface area contributed by atoms with Crippen LogP contribution in [0, 0.1) is 11.8 Å². The zero-order valence-electron chi connectivity index (χ0n) is 6.79. The highest BCUT2D eigenvalue weighted by Gasteiger charge is 2.40. The van der Waals surface area contributed by atoms with Crippen LogP contribution in [0.25, 0.3) is 0 Å². The summed E-state index contributed by atoms with van der Waals surface area (Å²) in [6, 6.07) is 0. The lowest BCUT2D eigenvalue weighted by Crippen LogP contribution is -1.97. The van der Waals surface area contributed by atoms with E-state index in [1.807, 2.05) is 6.08 Å². The highest BCUT2D eigenvalue weighted by molar-refractivity contribution is 5.73. The van der Waals surface area contributed by atoms with Crippen molar-refractivity contribution in [2.75, 3.05) is 0 Å². The lowest BCUT2D eigenvalue weighted by molar-refractivity contribution is -0.138. The van der Waals surface area contributed by atoms with Gasteiger partial charge in [0, 0.05) is 0 Å². The Hall–Kier alpha value is -0.790. The van der Waals surface area contributed by atoms with Crippen LogP contribution in [0.5, 0.6) is 0 Å². The van der Waals surface area contributed by atoms with Crippen LogP contribution in [0.4, 0.5) is 0 Å². The van der Waals surface area contributed by atoms with E-state index in [4.69, 9.17) is 5.11 Å². The molecule has 1 N–H and O–H groups in total. The van der Waals surface area contributed by atoms with Gasteiger partial charge < -0.3 is 5.11 Å². The normalized spacial score (nSPS) is 29.2. The molecule has 0 aliphatic heterocycles. The molecule has 0 aromatic heterocycles. The first-order valence-corrected chi connectivity index (χ1v) is 4.15. The number of allylic oxidation sites excluding steroid dienone is 2. The molecule has 0 aromatic carbocycles. The molecule has 1 saturated carbocycles. The fourth-order valence-electron chi connectivity index (χ4n) is 1.15.